The first-order valence-corrected chi connectivity index (χ1v) is 10.4. The number of rotatable bonds is 4. The SMILES string of the molecule is Cn1ccnc1C1=C(C(=O)N2CC3CC(Oc4ccc(C(F)(F)F)cn4)C2C3)C=CCN1. The minimum Gasteiger partial charge on any atom is -0.472 e. The van der Waals surface area contributed by atoms with Crippen LogP contribution in [0.15, 0.2) is 48.4 Å². The summed E-state index contributed by atoms with van der Waals surface area (Å²) >= 11 is 0. The number of dihydropyridines is 1. The molecule has 2 aromatic heterocycles. The van der Waals surface area contributed by atoms with Crippen LogP contribution < -0.4 is 10.1 Å². The third-order valence-corrected chi connectivity index (χ3v) is 6.25. The Morgan fingerprint density at radius 1 is 1.25 bits per heavy atom. The number of piperidine rings is 1. The van der Waals surface area contributed by atoms with Crippen molar-refractivity contribution in [1.29, 1.82) is 0 Å². The third-order valence-electron chi connectivity index (χ3n) is 6.25. The van der Waals surface area contributed by atoms with Crippen molar-refractivity contribution in [1.82, 2.24) is 24.8 Å². The second-order valence-corrected chi connectivity index (χ2v) is 8.34. The highest BCUT2D eigenvalue weighted by Crippen LogP contribution is 2.41. The minimum atomic E-state index is -4.44. The van der Waals surface area contributed by atoms with E-state index in [2.05, 4.69) is 15.3 Å². The van der Waals surface area contributed by atoms with Crippen LogP contribution in [0.2, 0.25) is 0 Å². The Hall–Kier alpha value is -3.30. The molecule has 2 aliphatic heterocycles. The van der Waals surface area contributed by atoms with Gasteiger partial charge in [-0.1, -0.05) is 6.08 Å². The van der Waals surface area contributed by atoms with E-state index in [1.54, 1.807) is 6.20 Å². The minimum absolute atomic E-state index is 0.104. The summed E-state index contributed by atoms with van der Waals surface area (Å²) in [6, 6.07) is 2.04. The molecule has 2 fully saturated rings. The molecule has 1 N–H and O–H groups in total. The van der Waals surface area contributed by atoms with Crippen LogP contribution in [0.4, 0.5) is 13.2 Å². The Morgan fingerprint density at radius 3 is 2.75 bits per heavy atom. The van der Waals surface area contributed by atoms with Gasteiger partial charge < -0.3 is 19.5 Å². The summed E-state index contributed by atoms with van der Waals surface area (Å²) in [5.41, 5.74) is 0.416. The third kappa shape index (κ3) is 3.63. The number of halogens is 3. The molecule has 1 saturated carbocycles. The topological polar surface area (TPSA) is 72.3 Å². The number of aromatic nitrogens is 3. The van der Waals surface area contributed by atoms with Crippen molar-refractivity contribution in [2.75, 3.05) is 13.1 Å². The number of hydrogen-bond donors (Lipinski definition) is 1. The van der Waals surface area contributed by atoms with Crippen LogP contribution in [0, 0.1) is 5.92 Å². The van der Waals surface area contributed by atoms with E-state index in [0.29, 0.717) is 36.1 Å². The Kier molecular flexibility index (Phi) is 4.94. The number of imidazole rings is 1. The number of likely N-dealkylation sites (tertiary alicyclic amines) is 1. The lowest BCUT2D eigenvalue weighted by atomic mass is 10.0. The van der Waals surface area contributed by atoms with E-state index in [9.17, 15) is 18.0 Å². The summed E-state index contributed by atoms with van der Waals surface area (Å²) in [5, 5.41) is 3.26. The summed E-state index contributed by atoms with van der Waals surface area (Å²) < 4.78 is 46.1. The van der Waals surface area contributed by atoms with Gasteiger partial charge in [0.15, 0.2) is 5.82 Å². The molecule has 1 amide bonds. The molecule has 2 bridgehead atoms. The zero-order valence-electron chi connectivity index (χ0n) is 17.3. The molecule has 0 spiro atoms. The Morgan fingerprint density at radius 2 is 2.09 bits per heavy atom. The van der Waals surface area contributed by atoms with E-state index < -0.39 is 11.7 Å². The zero-order valence-corrected chi connectivity index (χ0v) is 17.3. The number of carbonyl (C=O) groups excluding carboxylic acids is 1. The number of alkyl halides is 3. The van der Waals surface area contributed by atoms with Gasteiger partial charge in [0.2, 0.25) is 5.88 Å². The standard InChI is InChI=1S/C22H22F3N5O2/c1-29-8-7-27-20(29)19-15(3-2-6-26-19)21(31)30-12-13-9-16(30)17(10-13)32-18-5-4-14(11-28-18)22(23,24)25/h2-5,7-8,11,13,16-17,26H,6,9-10,12H2,1H3. The molecule has 3 aliphatic rings. The van der Waals surface area contributed by atoms with Crippen LogP contribution >= 0.6 is 0 Å². The highest BCUT2D eigenvalue weighted by molar-refractivity contribution is 6.03. The average molecular weight is 445 g/mol. The van der Waals surface area contributed by atoms with Crippen molar-refractivity contribution in [3.05, 3.63) is 59.8 Å². The molecule has 0 radical (unpaired) electrons. The predicted molar refractivity (Wildman–Crippen MR) is 109 cm³/mol. The first kappa shape index (κ1) is 20.6. The maximum absolute atomic E-state index is 13.5. The van der Waals surface area contributed by atoms with Crippen molar-refractivity contribution in [2.24, 2.45) is 13.0 Å². The number of pyridine rings is 1. The number of amides is 1. The van der Waals surface area contributed by atoms with E-state index in [1.807, 2.05) is 34.9 Å². The quantitative estimate of drug-likeness (QED) is 0.784. The maximum Gasteiger partial charge on any atom is 0.417 e. The van der Waals surface area contributed by atoms with Gasteiger partial charge in [-0.3, -0.25) is 4.79 Å². The molecular weight excluding hydrogens is 423 g/mol. The molecule has 0 aromatic carbocycles. The van der Waals surface area contributed by atoms with Gasteiger partial charge in [0.1, 0.15) is 6.10 Å². The predicted octanol–water partition coefficient (Wildman–Crippen LogP) is 2.77. The number of nitrogens with zero attached hydrogens (tertiary/aromatic N) is 4. The molecule has 1 saturated heterocycles. The van der Waals surface area contributed by atoms with Gasteiger partial charge in [-0.25, -0.2) is 9.97 Å². The normalized spacial score (nSPS) is 24.8. The fraction of sp³-hybridized carbons (Fsp3) is 0.409. The van der Waals surface area contributed by atoms with Gasteiger partial charge >= 0.3 is 6.18 Å². The molecule has 3 atom stereocenters. The molecule has 10 heteroatoms. The zero-order chi connectivity index (χ0) is 22.5. The lowest BCUT2D eigenvalue weighted by Gasteiger charge is -2.34. The molecule has 7 nitrogen and oxygen atoms in total. The van der Waals surface area contributed by atoms with Crippen molar-refractivity contribution >= 4 is 11.6 Å². The van der Waals surface area contributed by atoms with Gasteiger partial charge in [-0.15, -0.1) is 0 Å². The summed E-state index contributed by atoms with van der Waals surface area (Å²) in [4.78, 5) is 23.5. The fourth-order valence-electron chi connectivity index (χ4n) is 4.75. The molecule has 32 heavy (non-hydrogen) atoms. The van der Waals surface area contributed by atoms with Gasteiger partial charge in [-0.2, -0.15) is 13.2 Å². The van der Waals surface area contributed by atoms with Crippen LogP contribution in [0.3, 0.4) is 0 Å². The molecule has 1 aliphatic carbocycles. The average Bonchev–Trinajstić information content (AvgIpc) is 3.49. The van der Waals surface area contributed by atoms with Crippen LogP contribution in [0.25, 0.3) is 5.70 Å². The van der Waals surface area contributed by atoms with Crippen LogP contribution in [-0.4, -0.2) is 50.6 Å². The van der Waals surface area contributed by atoms with Gasteiger partial charge in [0, 0.05) is 44.8 Å². The summed E-state index contributed by atoms with van der Waals surface area (Å²) in [6.45, 7) is 1.24. The number of hydrogen-bond acceptors (Lipinski definition) is 5. The Balaban J connectivity index is 1.35. The van der Waals surface area contributed by atoms with Crippen molar-refractivity contribution in [3.8, 4) is 5.88 Å². The first-order chi connectivity index (χ1) is 15.3. The lowest BCUT2D eigenvalue weighted by Crippen LogP contribution is -2.48. The van der Waals surface area contributed by atoms with Crippen molar-refractivity contribution in [2.45, 2.75) is 31.2 Å². The maximum atomic E-state index is 13.5. The smallest absolute Gasteiger partial charge is 0.417 e. The summed E-state index contributed by atoms with van der Waals surface area (Å²) in [7, 11) is 1.87. The van der Waals surface area contributed by atoms with Crippen LogP contribution in [-0.2, 0) is 18.0 Å². The number of nitrogens with one attached hydrogen (secondary N) is 1. The van der Waals surface area contributed by atoms with Crippen LogP contribution in [0.5, 0.6) is 5.88 Å². The fourth-order valence-corrected chi connectivity index (χ4v) is 4.75. The first-order valence-electron chi connectivity index (χ1n) is 10.4. The lowest BCUT2D eigenvalue weighted by molar-refractivity contribution is -0.138. The number of ether oxygens (including phenoxy) is 1. The van der Waals surface area contributed by atoms with E-state index in [1.165, 1.54) is 6.07 Å². The van der Waals surface area contributed by atoms with E-state index in [-0.39, 0.29) is 23.9 Å². The van der Waals surface area contributed by atoms with Gasteiger partial charge in [0.05, 0.1) is 22.9 Å². The van der Waals surface area contributed by atoms with Gasteiger partial charge in [0.25, 0.3) is 5.91 Å². The highest BCUT2D eigenvalue weighted by atomic mass is 19.4. The molecular formula is C22H22F3N5O2. The molecule has 5 rings (SSSR count). The van der Waals surface area contributed by atoms with E-state index in [4.69, 9.17) is 4.74 Å². The van der Waals surface area contributed by atoms with Crippen molar-refractivity contribution in [3.63, 3.8) is 0 Å². The Labute approximate surface area is 182 Å². The van der Waals surface area contributed by atoms with Crippen molar-refractivity contribution < 1.29 is 22.7 Å². The second-order valence-electron chi connectivity index (χ2n) is 8.34. The summed E-state index contributed by atoms with van der Waals surface area (Å²) in [5.74, 6) is 1.01. The summed E-state index contributed by atoms with van der Waals surface area (Å²) in [6.07, 6.45) is 4.80. The molecule has 2 aromatic rings. The van der Waals surface area contributed by atoms with Gasteiger partial charge in [-0.05, 0) is 30.9 Å². The number of aryl methyl sites for hydroxylation is 1. The number of carbonyl (C=O) groups is 1. The molecule has 168 valence electrons. The van der Waals surface area contributed by atoms with E-state index >= 15 is 0 Å². The molecule has 4 heterocycles. The van der Waals surface area contributed by atoms with E-state index in [0.717, 1.165) is 25.1 Å². The number of fused-ring (bicyclic) bond motifs is 2. The molecule has 3 unspecified atom stereocenters. The monoisotopic (exact) mass is 445 g/mol. The largest absolute Gasteiger partial charge is 0.472 e. The second kappa shape index (κ2) is 7.68. The Bertz CT molecular complexity index is 1090. The van der Waals surface area contributed by atoms with Crippen LogP contribution in [0.1, 0.15) is 24.2 Å². The highest BCUT2D eigenvalue weighted by Gasteiger charge is 2.49.